The lowest BCUT2D eigenvalue weighted by Gasteiger charge is -2.28. The standard InChI is InChI=1S/C12H23N2O/c1-2-3-5-8-11(13)12(15)14-9-6-4-7-10-14/h11,13H,2-10H2,1H3. The fourth-order valence-corrected chi connectivity index (χ4v) is 2.06. The molecule has 1 radical (unpaired) electrons. The van der Waals surface area contributed by atoms with Gasteiger partial charge in [0.1, 0.15) is 6.04 Å². The van der Waals surface area contributed by atoms with Crippen LogP contribution in [0.4, 0.5) is 0 Å². The molecule has 15 heavy (non-hydrogen) atoms. The number of carbonyl (C=O) groups is 1. The van der Waals surface area contributed by atoms with Crippen molar-refractivity contribution in [3.05, 3.63) is 0 Å². The zero-order valence-corrected chi connectivity index (χ0v) is 9.80. The number of hydrogen-bond donors (Lipinski definition) is 0. The average Bonchev–Trinajstić information content (AvgIpc) is 2.29. The number of unbranched alkanes of at least 4 members (excludes halogenated alkanes) is 2. The van der Waals surface area contributed by atoms with Crippen LogP contribution >= 0.6 is 0 Å². The molecular formula is C12H23N2O. The lowest BCUT2D eigenvalue weighted by Crippen LogP contribution is -2.42. The second kappa shape index (κ2) is 6.83. The Hall–Kier alpha value is -0.570. The van der Waals surface area contributed by atoms with E-state index < -0.39 is 6.04 Å². The van der Waals surface area contributed by atoms with Gasteiger partial charge in [-0.25, -0.2) is 5.73 Å². The summed E-state index contributed by atoms with van der Waals surface area (Å²) in [7, 11) is 0. The lowest BCUT2D eigenvalue weighted by molar-refractivity contribution is -0.133. The molecule has 0 aromatic rings. The Balaban J connectivity index is 2.24. The Morgan fingerprint density at radius 1 is 1.27 bits per heavy atom. The van der Waals surface area contributed by atoms with Gasteiger partial charge in [0.2, 0.25) is 5.91 Å². The summed E-state index contributed by atoms with van der Waals surface area (Å²) in [6.07, 6.45) is 7.53. The number of nitrogens with one attached hydrogen (secondary N) is 1. The summed E-state index contributed by atoms with van der Waals surface area (Å²) in [6.45, 7) is 3.90. The summed E-state index contributed by atoms with van der Waals surface area (Å²) in [5.41, 5.74) is 7.80. The average molecular weight is 211 g/mol. The smallest absolute Gasteiger partial charge is 0.241 e. The molecule has 0 spiro atoms. The maximum atomic E-state index is 11.8. The summed E-state index contributed by atoms with van der Waals surface area (Å²) in [6, 6.07) is -0.505. The Kier molecular flexibility index (Phi) is 5.69. The maximum Gasteiger partial charge on any atom is 0.241 e. The molecule has 3 heteroatoms. The van der Waals surface area contributed by atoms with Crippen LogP contribution in [0.25, 0.3) is 0 Å². The predicted molar refractivity (Wildman–Crippen MR) is 61.5 cm³/mol. The highest BCUT2D eigenvalue weighted by molar-refractivity contribution is 5.81. The molecular weight excluding hydrogens is 188 g/mol. The Labute approximate surface area is 93.0 Å². The van der Waals surface area contributed by atoms with Crippen molar-refractivity contribution in [1.29, 1.82) is 0 Å². The predicted octanol–water partition coefficient (Wildman–Crippen LogP) is 2.23. The monoisotopic (exact) mass is 211 g/mol. The van der Waals surface area contributed by atoms with Crippen molar-refractivity contribution >= 4 is 5.91 Å². The van der Waals surface area contributed by atoms with Crippen molar-refractivity contribution in [2.75, 3.05) is 13.1 Å². The Morgan fingerprint density at radius 3 is 2.53 bits per heavy atom. The molecule has 1 unspecified atom stereocenters. The molecule has 1 heterocycles. The van der Waals surface area contributed by atoms with Crippen molar-refractivity contribution in [1.82, 2.24) is 10.6 Å². The van der Waals surface area contributed by atoms with E-state index in [2.05, 4.69) is 6.92 Å². The van der Waals surface area contributed by atoms with Crippen molar-refractivity contribution in [2.24, 2.45) is 0 Å². The molecule has 1 fully saturated rings. The van der Waals surface area contributed by atoms with Gasteiger partial charge in [-0.05, 0) is 25.7 Å². The summed E-state index contributed by atoms with van der Waals surface area (Å²) in [4.78, 5) is 13.7. The van der Waals surface area contributed by atoms with E-state index in [-0.39, 0.29) is 5.91 Å². The minimum absolute atomic E-state index is 0.0609. The largest absolute Gasteiger partial charge is 0.341 e. The van der Waals surface area contributed by atoms with Crippen LogP contribution in [0.5, 0.6) is 0 Å². The second-order valence-electron chi connectivity index (χ2n) is 4.43. The van der Waals surface area contributed by atoms with Crippen LogP contribution in [0.15, 0.2) is 0 Å². The fourth-order valence-electron chi connectivity index (χ4n) is 2.06. The molecule has 1 atom stereocenters. The number of hydrogen-bond acceptors (Lipinski definition) is 1. The van der Waals surface area contributed by atoms with Gasteiger partial charge >= 0.3 is 0 Å². The molecule has 1 aliphatic heterocycles. The molecule has 0 aromatic heterocycles. The Bertz CT molecular complexity index is 188. The quantitative estimate of drug-likeness (QED) is 0.643. The molecule has 0 bridgehead atoms. The van der Waals surface area contributed by atoms with E-state index in [1.165, 1.54) is 6.42 Å². The first-order chi connectivity index (χ1) is 7.25. The highest BCUT2D eigenvalue weighted by atomic mass is 16.2. The second-order valence-corrected chi connectivity index (χ2v) is 4.43. The van der Waals surface area contributed by atoms with Gasteiger partial charge in [0, 0.05) is 13.1 Å². The van der Waals surface area contributed by atoms with Crippen molar-refractivity contribution < 1.29 is 4.79 Å². The van der Waals surface area contributed by atoms with E-state index in [4.69, 9.17) is 5.73 Å². The topological polar surface area (TPSA) is 44.1 Å². The SMILES string of the molecule is CCCCCC([NH])C(=O)N1CCCCC1. The first kappa shape index (κ1) is 12.5. The van der Waals surface area contributed by atoms with Gasteiger partial charge in [-0.1, -0.05) is 26.2 Å². The lowest BCUT2D eigenvalue weighted by atomic mass is 10.1. The number of rotatable bonds is 5. The third kappa shape index (κ3) is 4.20. The van der Waals surface area contributed by atoms with E-state index in [0.717, 1.165) is 51.6 Å². The molecule has 0 saturated carbocycles. The molecule has 1 N–H and O–H groups in total. The highest BCUT2D eigenvalue weighted by Crippen LogP contribution is 2.12. The zero-order chi connectivity index (χ0) is 11.1. The van der Waals surface area contributed by atoms with Crippen molar-refractivity contribution in [2.45, 2.75) is 57.9 Å². The van der Waals surface area contributed by atoms with Gasteiger partial charge in [0.25, 0.3) is 0 Å². The molecule has 0 aliphatic carbocycles. The third-order valence-corrected chi connectivity index (χ3v) is 3.06. The first-order valence-electron chi connectivity index (χ1n) is 6.25. The van der Waals surface area contributed by atoms with E-state index in [1.54, 1.807) is 0 Å². The van der Waals surface area contributed by atoms with Crippen LogP contribution in [0.3, 0.4) is 0 Å². The van der Waals surface area contributed by atoms with Crippen LogP contribution in [-0.2, 0) is 4.79 Å². The highest BCUT2D eigenvalue weighted by Gasteiger charge is 2.22. The van der Waals surface area contributed by atoms with Gasteiger partial charge in [-0.3, -0.25) is 4.79 Å². The molecule has 1 amide bonds. The summed E-state index contributed by atoms with van der Waals surface area (Å²) in [5.74, 6) is 0.0609. The maximum absolute atomic E-state index is 11.8. The van der Waals surface area contributed by atoms with Crippen molar-refractivity contribution in [3.63, 3.8) is 0 Å². The summed E-state index contributed by atoms with van der Waals surface area (Å²) < 4.78 is 0. The van der Waals surface area contributed by atoms with Crippen LogP contribution in [0.1, 0.15) is 51.9 Å². The normalized spacial score (nSPS) is 18.9. The summed E-state index contributed by atoms with van der Waals surface area (Å²) in [5, 5.41) is 0. The summed E-state index contributed by atoms with van der Waals surface area (Å²) >= 11 is 0. The first-order valence-corrected chi connectivity index (χ1v) is 6.25. The molecule has 1 rings (SSSR count). The van der Waals surface area contributed by atoms with Gasteiger partial charge in [-0.15, -0.1) is 0 Å². The van der Waals surface area contributed by atoms with E-state index in [9.17, 15) is 4.79 Å². The number of piperidine rings is 1. The van der Waals surface area contributed by atoms with Crippen LogP contribution in [0, 0.1) is 0 Å². The minimum Gasteiger partial charge on any atom is -0.341 e. The van der Waals surface area contributed by atoms with E-state index >= 15 is 0 Å². The van der Waals surface area contributed by atoms with Crippen LogP contribution < -0.4 is 5.73 Å². The van der Waals surface area contributed by atoms with E-state index in [1.807, 2.05) is 4.90 Å². The number of nitrogens with zero attached hydrogens (tertiary/aromatic N) is 1. The number of amides is 1. The third-order valence-electron chi connectivity index (χ3n) is 3.06. The van der Waals surface area contributed by atoms with Gasteiger partial charge < -0.3 is 4.90 Å². The van der Waals surface area contributed by atoms with Gasteiger partial charge in [0.05, 0.1) is 0 Å². The van der Waals surface area contributed by atoms with E-state index in [0.29, 0.717) is 0 Å². The zero-order valence-electron chi connectivity index (χ0n) is 9.80. The van der Waals surface area contributed by atoms with Gasteiger partial charge in [-0.2, -0.15) is 0 Å². The molecule has 1 aliphatic rings. The number of likely N-dealkylation sites (tertiary alicyclic amines) is 1. The molecule has 1 saturated heterocycles. The molecule has 3 nitrogen and oxygen atoms in total. The Morgan fingerprint density at radius 2 is 1.93 bits per heavy atom. The minimum atomic E-state index is -0.505. The number of carbonyl (C=O) groups excluding carboxylic acids is 1. The van der Waals surface area contributed by atoms with Crippen molar-refractivity contribution in [3.8, 4) is 0 Å². The molecule has 0 aromatic carbocycles. The van der Waals surface area contributed by atoms with Gasteiger partial charge in [0.15, 0.2) is 0 Å². The fraction of sp³-hybridized carbons (Fsp3) is 0.917. The van der Waals surface area contributed by atoms with Crippen LogP contribution in [0.2, 0.25) is 0 Å². The molecule has 87 valence electrons. The van der Waals surface area contributed by atoms with Crippen LogP contribution in [-0.4, -0.2) is 29.9 Å².